The van der Waals surface area contributed by atoms with Gasteiger partial charge in [-0.2, -0.15) is 0 Å². The van der Waals surface area contributed by atoms with Gasteiger partial charge in [0.1, 0.15) is 5.84 Å². The molecule has 126 valence electrons. The van der Waals surface area contributed by atoms with E-state index < -0.39 is 10.0 Å². The molecule has 1 aromatic carbocycles. The topological polar surface area (TPSA) is 91.8 Å². The minimum absolute atomic E-state index is 0.164. The molecule has 0 amide bonds. The van der Waals surface area contributed by atoms with Crippen molar-refractivity contribution >= 4 is 38.9 Å². The lowest BCUT2D eigenvalue weighted by atomic mass is 10.3. The number of ether oxygens (including phenoxy) is 1. The highest BCUT2D eigenvalue weighted by molar-refractivity contribution is 7.90. The molecule has 0 atom stereocenters. The lowest BCUT2D eigenvalue weighted by Gasteiger charge is -2.12. The zero-order valence-corrected chi connectivity index (χ0v) is 14.5. The molecule has 0 saturated carbocycles. The van der Waals surface area contributed by atoms with Crippen molar-refractivity contribution in [3.05, 3.63) is 24.3 Å². The van der Waals surface area contributed by atoms with Gasteiger partial charge < -0.3 is 15.4 Å². The van der Waals surface area contributed by atoms with E-state index in [1.165, 1.54) is 12.1 Å². The molecule has 23 heavy (non-hydrogen) atoms. The van der Waals surface area contributed by atoms with E-state index in [1.54, 1.807) is 19.2 Å². The SMILES string of the molecule is COCCNC(=S)Nc1cccc(S(=O)(=O)NC2=NCCC2)c1. The highest BCUT2D eigenvalue weighted by Gasteiger charge is 2.18. The Hall–Kier alpha value is -1.71. The van der Waals surface area contributed by atoms with Crippen molar-refractivity contribution in [2.75, 3.05) is 32.1 Å². The summed E-state index contributed by atoms with van der Waals surface area (Å²) in [5.41, 5.74) is 0.594. The molecule has 0 aliphatic carbocycles. The molecule has 1 aliphatic rings. The van der Waals surface area contributed by atoms with Crippen molar-refractivity contribution in [3.63, 3.8) is 0 Å². The number of methoxy groups -OCH3 is 1. The molecule has 3 N–H and O–H groups in total. The van der Waals surface area contributed by atoms with Crippen molar-refractivity contribution in [3.8, 4) is 0 Å². The van der Waals surface area contributed by atoms with E-state index in [-0.39, 0.29) is 4.90 Å². The average molecular weight is 356 g/mol. The Kier molecular flexibility index (Phi) is 6.31. The second-order valence-electron chi connectivity index (χ2n) is 4.94. The van der Waals surface area contributed by atoms with Crippen LogP contribution in [0.1, 0.15) is 12.8 Å². The van der Waals surface area contributed by atoms with E-state index in [9.17, 15) is 8.42 Å². The van der Waals surface area contributed by atoms with Crippen LogP contribution >= 0.6 is 12.2 Å². The van der Waals surface area contributed by atoms with Crippen LogP contribution < -0.4 is 15.4 Å². The van der Waals surface area contributed by atoms with Crippen molar-refractivity contribution in [2.45, 2.75) is 17.7 Å². The molecule has 7 nitrogen and oxygen atoms in total. The van der Waals surface area contributed by atoms with E-state index in [1.807, 2.05) is 0 Å². The molecule has 2 rings (SSSR count). The number of anilines is 1. The maximum absolute atomic E-state index is 12.4. The molecule has 0 aromatic heterocycles. The van der Waals surface area contributed by atoms with Gasteiger partial charge in [0, 0.05) is 32.3 Å². The molecule has 1 aliphatic heterocycles. The first-order valence-electron chi connectivity index (χ1n) is 7.21. The van der Waals surface area contributed by atoms with Crippen LogP contribution in [-0.4, -0.2) is 46.2 Å². The fourth-order valence-electron chi connectivity index (χ4n) is 2.02. The normalized spacial score (nSPS) is 14.2. The zero-order valence-electron chi connectivity index (χ0n) is 12.8. The standard InChI is InChI=1S/C14H20N4O3S2/c1-21-9-8-16-14(22)17-11-4-2-5-12(10-11)23(19,20)18-13-6-3-7-15-13/h2,4-5,10H,3,6-9H2,1H3,(H,15,18)(H2,16,17,22). The van der Waals surface area contributed by atoms with Gasteiger partial charge in [-0.25, -0.2) is 8.42 Å². The van der Waals surface area contributed by atoms with Gasteiger partial charge in [0.25, 0.3) is 10.0 Å². The summed E-state index contributed by atoms with van der Waals surface area (Å²) >= 11 is 5.14. The molecule has 1 heterocycles. The van der Waals surface area contributed by atoms with E-state index in [0.29, 0.717) is 42.8 Å². The predicted octanol–water partition coefficient (Wildman–Crippen LogP) is 1.09. The average Bonchev–Trinajstić information content (AvgIpc) is 3.00. The molecule has 0 bridgehead atoms. The maximum Gasteiger partial charge on any atom is 0.262 e. The highest BCUT2D eigenvalue weighted by atomic mass is 32.2. The summed E-state index contributed by atoms with van der Waals surface area (Å²) in [5.74, 6) is 0.514. The van der Waals surface area contributed by atoms with E-state index in [0.717, 1.165) is 6.42 Å². The smallest absolute Gasteiger partial charge is 0.262 e. The number of sulfonamides is 1. The Morgan fingerprint density at radius 2 is 2.26 bits per heavy atom. The van der Waals surface area contributed by atoms with Crippen molar-refractivity contribution in [2.24, 2.45) is 4.99 Å². The fourth-order valence-corrected chi connectivity index (χ4v) is 3.37. The third-order valence-corrected chi connectivity index (χ3v) is 4.75. The molecule has 1 aromatic rings. The number of thiocarbonyl (C=S) groups is 1. The van der Waals surface area contributed by atoms with Gasteiger partial charge in [-0.3, -0.25) is 9.71 Å². The van der Waals surface area contributed by atoms with Crippen molar-refractivity contribution in [1.82, 2.24) is 10.0 Å². The summed E-state index contributed by atoms with van der Waals surface area (Å²) in [7, 11) is -2.02. The van der Waals surface area contributed by atoms with E-state index >= 15 is 0 Å². The Morgan fingerprint density at radius 3 is 2.96 bits per heavy atom. The maximum atomic E-state index is 12.4. The first-order valence-corrected chi connectivity index (χ1v) is 9.10. The third-order valence-electron chi connectivity index (χ3n) is 3.12. The molecule has 9 heteroatoms. The van der Waals surface area contributed by atoms with Crippen LogP contribution in [0.2, 0.25) is 0 Å². The van der Waals surface area contributed by atoms with Gasteiger partial charge >= 0.3 is 0 Å². The molecule has 0 unspecified atom stereocenters. The summed E-state index contributed by atoms with van der Waals surface area (Å²) in [6.45, 7) is 1.77. The van der Waals surface area contributed by atoms with Gasteiger partial charge in [-0.05, 0) is 36.8 Å². The number of nitrogens with one attached hydrogen (secondary N) is 3. The van der Waals surface area contributed by atoms with Crippen LogP contribution in [-0.2, 0) is 14.8 Å². The number of nitrogens with zero attached hydrogens (tertiary/aromatic N) is 1. The van der Waals surface area contributed by atoms with Gasteiger partial charge in [0.2, 0.25) is 0 Å². The highest BCUT2D eigenvalue weighted by Crippen LogP contribution is 2.16. The molecule has 0 radical (unpaired) electrons. The Labute approximate surface area is 141 Å². The van der Waals surface area contributed by atoms with E-state index in [4.69, 9.17) is 17.0 Å². The molecule has 0 spiro atoms. The number of hydrogen-bond acceptors (Lipinski definition) is 5. The number of hydrogen-bond donors (Lipinski definition) is 3. The predicted molar refractivity (Wildman–Crippen MR) is 94.4 cm³/mol. The second kappa shape index (κ2) is 8.23. The van der Waals surface area contributed by atoms with E-state index in [2.05, 4.69) is 20.3 Å². The molecule has 0 fully saturated rings. The minimum Gasteiger partial charge on any atom is -0.383 e. The van der Waals surface area contributed by atoms with Crippen LogP contribution in [0.25, 0.3) is 0 Å². The Bertz CT molecular complexity index is 689. The Morgan fingerprint density at radius 1 is 1.43 bits per heavy atom. The lowest BCUT2D eigenvalue weighted by Crippen LogP contribution is -2.31. The molecular formula is C14H20N4O3S2. The van der Waals surface area contributed by atoms with Crippen LogP contribution in [0.3, 0.4) is 0 Å². The summed E-state index contributed by atoms with van der Waals surface area (Å²) in [6, 6.07) is 6.47. The summed E-state index contributed by atoms with van der Waals surface area (Å²) < 4.78 is 32.1. The van der Waals surface area contributed by atoms with Gasteiger partial charge in [-0.15, -0.1) is 0 Å². The first kappa shape index (κ1) is 17.6. The number of benzene rings is 1. The van der Waals surface area contributed by atoms with Crippen LogP contribution in [0.5, 0.6) is 0 Å². The minimum atomic E-state index is -3.63. The number of rotatable bonds is 6. The first-order chi connectivity index (χ1) is 11.0. The summed E-state index contributed by atoms with van der Waals surface area (Å²) in [5, 5.41) is 6.32. The molecule has 0 saturated heterocycles. The van der Waals surface area contributed by atoms with Crippen molar-refractivity contribution < 1.29 is 13.2 Å². The largest absolute Gasteiger partial charge is 0.383 e. The lowest BCUT2D eigenvalue weighted by molar-refractivity contribution is 0.204. The van der Waals surface area contributed by atoms with Crippen LogP contribution in [0.15, 0.2) is 34.2 Å². The summed E-state index contributed by atoms with van der Waals surface area (Å²) in [4.78, 5) is 4.29. The van der Waals surface area contributed by atoms with Crippen LogP contribution in [0.4, 0.5) is 5.69 Å². The summed E-state index contributed by atoms with van der Waals surface area (Å²) in [6.07, 6.45) is 1.53. The monoisotopic (exact) mass is 356 g/mol. The van der Waals surface area contributed by atoms with Gasteiger partial charge in [0.05, 0.1) is 11.5 Å². The zero-order chi connectivity index (χ0) is 16.7. The third kappa shape index (κ3) is 5.45. The second-order valence-corrected chi connectivity index (χ2v) is 7.03. The number of amidine groups is 1. The number of aliphatic imine (C=N–C) groups is 1. The van der Waals surface area contributed by atoms with Gasteiger partial charge in [0.15, 0.2) is 5.11 Å². The quantitative estimate of drug-likeness (QED) is 0.522. The fraction of sp³-hybridized carbons (Fsp3) is 0.429. The molecular weight excluding hydrogens is 336 g/mol. The van der Waals surface area contributed by atoms with Crippen LogP contribution in [0, 0.1) is 0 Å². The Balaban J connectivity index is 2.02. The van der Waals surface area contributed by atoms with Crippen molar-refractivity contribution in [1.29, 1.82) is 0 Å². The van der Waals surface area contributed by atoms with Gasteiger partial charge in [-0.1, -0.05) is 6.07 Å².